The first-order chi connectivity index (χ1) is 11.9. The number of hydrogen-bond acceptors (Lipinski definition) is 4. The van der Waals surface area contributed by atoms with Crippen molar-refractivity contribution in [1.82, 2.24) is 4.57 Å². The molecular weight excluding hydrogens is 413 g/mol. The van der Waals surface area contributed by atoms with E-state index in [1.807, 2.05) is 0 Å². The molecule has 1 heterocycles. The van der Waals surface area contributed by atoms with E-state index in [0.717, 1.165) is 0 Å². The number of ether oxygens (including phenoxy) is 2. The van der Waals surface area contributed by atoms with Gasteiger partial charge in [0, 0.05) is 22.9 Å². The van der Waals surface area contributed by atoms with Crippen LogP contribution in [0.25, 0.3) is 10.9 Å². The fourth-order valence-electron chi connectivity index (χ4n) is 2.75. The first-order valence-electron chi connectivity index (χ1n) is 7.60. The Balaban J connectivity index is 0. The van der Waals surface area contributed by atoms with Crippen molar-refractivity contribution in [2.45, 2.75) is 13.8 Å². The summed E-state index contributed by atoms with van der Waals surface area (Å²) in [5.41, 5.74) is 1.66. The van der Waals surface area contributed by atoms with Crippen LogP contribution in [0.4, 0.5) is 0 Å². The third-order valence-electron chi connectivity index (χ3n) is 3.89. The number of aromatic nitrogens is 1. The van der Waals surface area contributed by atoms with Gasteiger partial charge >= 0.3 is 35.5 Å². The Kier molecular flexibility index (Phi) is 12.1. The normalized spacial score (nSPS) is 9.24. The summed E-state index contributed by atoms with van der Waals surface area (Å²) in [7, 11) is 1.55. The summed E-state index contributed by atoms with van der Waals surface area (Å²) in [6.45, 7) is 3.06. The molecule has 8 nitrogen and oxygen atoms in total. The van der Waals surface area contributed by atoms with Gasteiger partial charge in [0.05, 0.1) is 18.3 Å². The van der Waals surface area contributed by atoms with Crippen LogP contribution in [0.5, 0.6) is 11.5 Å². The fourth-order valence-corrected chi connectivity index (χ4v) is 2.88. The van der Waals surface area contributed by atoms with Gasteiger partial charge in [-0.1, -0.05) is 11.6 Å². The Morgan fingerprint density at radius 3 is 2.10 bits per heavy atom. The summed E-state index contributed by atoms with van der Waals surface area (Å²) in [6, 6.07) is 11.9. The van der Waals surface area contributed by atoms with Crippen molar-refractivity contribution >= 4 is 63.9 Å². The molecule has 1 aromatic heterocycles. The van der Waals surface area contributed by atoms with E-state index < -0.39 is 5.97 Å². The Morgan fingerprint density at radius 1 is 1.00 bits per heavy atom. The number of nitrogens with zero attached hydrogens (tertiary/aromatic N) is 1. The van der Waals surface area contributed by atoms with Gasteiger partial charge in [0.1, 0.15) is 5.75 Å². The Bertz CT molecular complexity index is 986. The van der Waals surface area contributed by atoms with Gasteiger partial charge in [0.2, 0.25) is 0 Å². The maximum absolute atomic E-state index is 13.0. The molecule has 2 aromatic carbocycles. The van der Waals surface area contributed by atoms with Gasteiger partial charge in [-0.05, 0) is 49.4 Å². The van der Waals surface area contributed by atoms with Gasteiger partial charge < -0.3 is 25.9 Å². The van der Waals surface area contributed by atoms with Crippen LogP contribution in [0.15, 0.2) is 42.5 Å². The van der Waals surface area contributed by atoms with E-state index in [2.05, 4.69) is 0 Å². The molecule has 0 fully saturated rings. The van der Waals surface area contributed by atoms with E-state index in [0.29, 0.717) is 38.7 Å². The van der Waals surface area contributed by atoms with Crippen LogP contribution in [0, 0.1) is 6.92 Å². The van der Waals surface area contributed by atoms with Crippen molar-refractivity contribution in [3.63, 3.8) is 0 Å². The quantitative estimate of drug-likeness (QED) is 0.446. The summed E-state index contributed by atoms with van der Waals surface area (Å²) in [4.78, 5) is 24.5. The molecule has 0 spiro atoms. The molecule has 0 atom stereocenters. The number of carbonyl (C=O) groups excluding carboxylic acids is 2. The second-order valence-electron chi connectivity index (χ2n) is 5.54. The van der Waals surface area contributed by atoms with E-state index in [4.69, 9.17) is 21.1 Å². The molecule has 0 aliphatic rings. The maximum atomic E-state index is 13.0. The summed E-state index contributed by atoms with van der Waals surface area (Å²) in [5.74, 6) is 0.271. The number of halogens is 1. The SMILES string of the molecule is COc1ccc2c(c1)c(OC(C)=O)c(C)n2C(=O)c1ccc(Cl)cc1.O.O.O.[NaH]. The third kappa shape index (κ3) is 5.80. The average Bonchev–Trinajstić information content (AvgIpc) is 2.86. The zero-order valence-corrected chi connectivity index (χ0v) is 16.3. The molecule has 3 rings (SSSR count). The van der Waals surface area contributed by atoms with Crippen LogP contribution in [0.1, 0.15) is 23.0 Å². The molecule has 0 saturated carbocycles. The molecule has 3 aromatic rings. The Hall–Kier alpha value is -1.91. The monoisotopic (exact) mass is 435 g/mol. The van der Waals surface area contributed by atoms with Gasteiger partial charge in [-0.25, -0.2) is 0 Å². The minimum atomic E-state index is -0.455. The molecule has 0 aliphatic heterocycles. The molecule has 6 N–H and O–H groups in total. The molecule has 0 radical (unpaired) electrons. The van der Waals surface area contributed by atoms with Gasteiger partial charge in [-0.2, -0.15) is 0 Å². The number of hydrogen-bond donors (Lipinski definition) is 0. The molecule has 0 bridgehead atoms. The zero-order valence-electron chi connectivity index (χ0n) is 15.5. The molecule has 154 valence electrons. The molecular formula is C19H23ClNNaO7. The Labute approximate surface area is 194 Å². The minimum absolute atomic E-state index is 0. The van der Waals surface area contributed by atoms with Crippen LogP contribution >= 0.6 is 11.6 Å². The number of rotatable bonds is 3. The van der Waals surface area contributed by atoms with Gasteiger partial charge in [0.15, 0.2) is 5.75 Å². The van der Waals surface area contributed by atoms with Crippen molar-refractivity contribution < 1.29 is 35.5 Å². The van der Waals surface area contributed by atoms with Crippen LogP contribution in [0.3, 0.4) is 0 Å². The predicted octanol–water partition coefficient (Wildman–Crippen LogP) is 1.10. The van der Waals surface area contributed by atoms with Crippen LogP contribution in [-0.2, 0) is 4.79 Å². The molecule has 0 amide bonds. The second kappa shape index (κ2) is 11.9. The number of fused-ring (bicyclic) bond motifs is 1. The van der Waals surface area contributed by atoms with Crippen molar-refractivity contribution in [1.29, 1.82) is 0 Å². The first-order valence-corrected chi connectivity index (χ1v) is 7.98. The predicted molar refractivity (Wildman–Crippen MR) is 114 cm³/mol. The van der Waals surface area contributed by atoms with Crippen molar-refractivity contribution in [2.75, 3.05) is 7.11 Å². The van der Waals surface area contributed by atoms with Gasteiger partial charge in [-0.15, -0.1) is 0 Å². The third-order valence-corrected chi connectivity index (χ3v) is 4.15. The average molecular weight is 436 g/mol. The summed E-state index contributed by atoms with van der Waals surface area (Å²) >= 11 is 5.89. The van der Waals surface area contributed by atoms with Crippen molar-refractivity contribution in [3.8, 4) is 11.5 Å². The Morgan fingerprint density at radius 2 is 1.59 bits per heavy atom. The van der Waals surface area contributed by atoms with Crippen LogP contribution in [-0.4, -0.2) is 69.5 Å². The molecule has 0 saturated heterocycles. The summed E-state index contributed by atoms with van der Waals surface area (Å²) in [6.07, 6.45) is 0. The van der Waals surface area contributed by atoms with Gasteiger partial charge in [-0.3, -0.25) is 14.2 Å². The topological polar surface area (TPSA) is 152 Å². The zero-order chi connectivity index (χ0) is 18.1. The van der Waals surface area contributed by atoms with E-state index in [-0.39, 0.29) is 51.9 Å². The number of esters is 1. The van der Waals surface area contributed by atoms with E-state index in [1.165, 1.54) is 11.5 Å². The molecule has 0 aliphatic carbocycles. The van der Waals surface area contributed by atoms with E-state index >= 15 is 0 Å². The number of benzene rings is 2. The summed E-state index contributed by atoms with van der Waals surface area (Å²) < 4.78 is 12.1. The van der Waals surface area contributed by atoms with Crippen molar-refractivity contribution in [3.05, 3.63) is 58.7 Å². The van der Waals surface area contributed by atoms with Crippen LogP contribution < -0.4 is 9.47 Å². The summed E-state index contributed by atoms with van der Waals surface area (Å²) in [5, 5.41) is 1.19. The van der Waals surface area contributed by atoms with Crippen molar-refractivity contribution in [2.24, 2.45) is 0 Å². The second-order valence-corrected chi connectivity index (χ2v) is 5.98. The number of methoxy groups -OCH3 is 1. The number of carbonyl (C=O) groups is 2. The fraction of sp³-hybridized carbons (Fsp3) is 0.158. The molecule has 10 heteroatoms. The van der Waals surface area contributed by atoms with Crippen LogP contribution in [0.2, 0.25) is 5.02 Å². The van der Waals surface area contributed by atoms with E-state index in [9.17, 15) is 9.59 Å². The molecule has 0 unspecified atom stereocenters. The molecule has 29 heavy (non-hydrogen) atoms. The first kappa shape index (κ1) is 29.3. The standard InChI is InChI=1S/C19H16ClNO4.Na.3H2O.H/c1-11-18(25-12(2)22)16-10-15(24-3)8-9-17(16)21(11)19(23)13-4-6-14(20)7-5-13;;;;;/h4-10H,1-3H3;;3*1H2;. The van der Waals surface area contributed by atoms with E-state index in [1.54, 1.807) is 56.5 Å². The van der Waals surface area contributed by atoms with Gasteiger partial charge in [0.25, 0.3) is 5.91 Å².